The summed E-state index contributed by atoms with van der Waals surface area (Å²) in [5, 5.41) is 2.87. The fourth-order valence-electron chi connectivity index (χ4n) is 3.69. The molecule has 1 aliphatic carbocycles. The maximum absolute atomic E-state index is 12.6. The van der Waals surface area contributed by atoms with E-state index in [2.05, 4.69) is 11.4 Å². The minimum Gasteiger partial charge on any atom is -0.488 e. The van der Waals surface area contributed by atoms with E-state index in [-0.39, 0.29) is 5.91 Å². The van der Waals surface area contributed by atoms with E-state index in [1.165, 1.54) is 29.8 Å². The van der Waals surface area contributed by atoms with Crippen LogP contribution in [0.15, 0.2) is 42.0 Å². The summed E-state index contributed by atoms with van der Waals surface area (Å²) in [6.45, 7) is 2.62. The lowest BCUT2D eigenvalue weighted by molar-refractivity contribution is -0.129. The van der Waals surface area contributed by atoms with Crippen molar-refractivity contribution in [1.82, 2.24) is 5.32 Å². The maximum atomic E-state index is 12.6. The second-order valence-electron chi connectivity index (χ2n) is 7.45. The van der Waals surface area contributed by atoms with Gasteiger partial charge in [-0.25, -0.2) is 4.79 Å². The quantitative estimate of drug-likeness (QED) is 0.545. The van der Waals surface area contributed by atoms with E-state index in [1.807, 2.05) is 24.3 Å². The Morgan fingerprint density at radius 3 is 2.97 bits per heavy atom. The van der Waals surface area contributed by atoms with Gasteiger partial charge < -0.3 is 14.8 Å². The molecule has 6 heteroatoms. The van der Waals surface area contributed by atoms with Gasteiger partial charge in [-0.05, 0) is 57.2 Å². The third-order valence-electron chi connectivity index (χ3n) is 5.31. The smallest absolute Gasteiger partial charge is 0.349 e. The SMILES string of the molecule is C[C@@H](OC(=O)c1cc2c(s1)-c1ccccc1OC2)C(=O)NCCC1=CCCCC1. The van der Waals surface area contributed by atoms with Crippen LogP contribution in [0.1, 0.15) is 54.3 Å². The lowest BCUT2D eigenvalue weighted by Crippen LogP contribution is -2.36. The Balaban J connectivity index is 1.33. The minimum atomic E-state index is -0.828. The molecule has 29 heavy (non-hydrogen) atoms. The summed E-state index contributed by atoms with van der Waals surface area (Å²) in [5.74, 6) is 0.0897. The number of fused-ring (bicyclic) bond motifs is 3. The van der Waals surface area contributed by atoms with Gasteiger partial charge in [0.1, 0.15) is 17.2 Å². The van der Waals surface area contributed by atoms with Gasteiger partial charge in [0.25, 0.3) is 5.91 Å². The average Bonchev–Trinajstić information content (AvgIpc) is 3.19. The predicted octanol–water partition coefficient (Wildman–Crippen LogP) is 4.86. The first-order valence-electron chi connectivity index (χ1n) is 10.1. The number of ether oxygens (including phenoxy) is 2. The number of amides is 1. The van der Waals surface area contributed by atoms with Gasteiger partial charge >= 0.3 is 5.97 Å². The normalized spacial score (nSPS) is 16.0. The first-order valence-corrected chi connectivity index (χ1v) is 10.9. The standard InChI is InChI=1S/C23H25NO4S/c1-15(22(25)24-12-11-16-7-3-2-4-8-16)28-23(26)20-13-17-14-27-19-10-6-5-9-18(19)21(17)29-20/h5-7,9-10,13,15H,2-4,8,11-12,14H2,1H3,(H,24,25)/t15-/m1/s1. The number of benzene rings is 1. The van der Waals surface area contributed by atoms with E-state index in [9.17, 15) is 9.59 Å². The number of rotatable bonds is 6. The highest BCUT2D eigenvalue weighted by Crippen LogP contribution is 2.42. The minimum absolute atomic E-state index is 0.259. The molecule has 1 N–H and O–H groups in total. The van der Waals surface area contributed by atoms with Crippen molar-refractivity contribution >= 4 is 23.2 Å². The second kappa shape index (κ2) is 8.82. The van der Waals surface area contributed by atoms with E-state index in [0.29, 0.717) is 18.0 Å². The summed E-state index contributed by atoms with van der Waals surface area (Å²) in [5.41, 5.74) is 3.37. The number of nitrogens with one attached hydrogen (secondary N) is 1. The van der Waals surface area contributed by atoms with Crippen LogP contribution in [0.4, 0.5) is 0 Å². The van der Waals surface area contributed by atoms with Crippen LogP contribution in [0.3, 0.4) is 0 Å². The van der Waals surface area contributed by atoms with Gasteiger partial charge in [0.2, 0.25) is 0 Å². The molecule has 0 radical (unpaired) electrons. The molecular formula is C23H25NO4S. The van der Waals surface area contributed by atoms with E-state index >= 15 is 0 Å². The first kappa shape index (κ1) is 19.7. The van der Waals surface area contributed by atoms with Gasteiger partial charge in [-0.15, -0.1) is 11.3 Å². The van der Waals surface area contributed by atoms with Crippen molar-refractivity contribution in [2.45, 2.75) is 51.7 Å². The second-order valence-corrected chi connectivity index (χ2v) is 8.50. The first-order chi connectivity index (χ1) is 14.1. The highest BCUT2D eigenvalue weighted by atomic mass is 32.1. The van der Waals surface area contributed by atoms with Crippen molar-refractivity contribution in [2.75, 3.05) is 6.54 Å². The van der Waals surface area contributed by atoms with Crippen LogP contribution in [0, 0.1) is 0 Å². The predicted molar refractivity (Wildman–Crippen MR) is 113 cm³/mol. The largest absolute Gasteiger partial charge is 0.488 e. The highest BCUT2D eigenvalue weighted by molar-refractivity contribution is 7.17. The summed E-state index contributed by atoms with van der Waals surface area (Å²) in [4.78, 5) is 26.4. The lowest BCUT2D eigenvalue weighted by atomic mass is 9.97. The van der Waals surface area contributed by atoms with Crippen LogP contribution in [-0.4, -0.2) is 24.5 Å². The molecule has 152 valence electrons. The molecule has 0 spiro atoms. The number of hydrogen-bond donors (Lipinski definition) is 1. The van der Waals surface area contributed by atoms with Crippen molar-refractivity contribution in [3.8, 4) is 16.2 Å². The van der Waals surface area contributed by atoms with Gasteiger partial charge in [0.15, 0.2) is 6.10 Å². The van der Waals surface area contributed by atoms with E-state index in [1.54, 1.807) is 13.0 Å². The molecule has 1 aromatic carbocycles. The Kier molecular flexibility index (Phi) is 6.00. The third-order valence-corrected chi connectivity index (χ3v) is 6.50. The Morgan fingerprint density at radius 1 is 1.28 bits per heavy atom. The zero-order valence-corrected chi connectivity index (χ0v) is 17.3. The van der Waals surface area contributed by atoms with Crippen molar-refractivity contribution in [3.05, 3.63) is 52.4 Å². The zero-order valence-electron chi connectivity index (χ0n) is 16.5. The average molecular weight is 412 g/mol. The van der Waals surface area contributed by atoms with E-state index in [0.717, 1.165) is 41.0 Å². The summed E-state index contributed by atoms with van der Waals surface area (Å²) in [7, 11) is 0. The Bertz CT molecular complexity index is 946. The number of para-hydroxylation sites is 1. The van der Waals surface area contributed by atoms with Crippen LogP contribution in [0.5, 0.6) is 5.75 Å². The van der Waals surface area contributed by atoms with Crippen molar-refractivity contribution in [1.29, 1.82) is 0 Å². The molecular weight excluding hydrogens is 386 g/mol. The highest BCUT2D eigenvalue weighted by Gasteiger charge is 2.25. The molecule has 1 amide bonds. The maximum Gasteiger partial charge on any atom is 0.349 e. The molecule has 0 unspecified atom stereocenters. The van der Waals surface area contributed by atoms with Gasteiger partial charge in [-0.2, -0.15) is 0 Å². The Labute approximate surface area is 174 Å². The molecule has 0 saturated carbocycles. The number of thiophene rings is 1. The van der Waals surface area contributed by atoms with E-state index in [4.69, 9.17) is 9.47 Å². The van der Waals surface area contributed by atoms with Crippen LogP contribution in [0.25, 0.3) is 10.4 Å². The molecule has 2 aromatic rings. The van der Waals surface area contributed by atoms with Crippen LogP contribution < -0.4 is 10.1 Å². The molecule has 4 rings (SSSR count). The molecule has 0 saturated heterocycles. The zero-order chi connectivity index (χ0) is 20.2. The Hall–Kier alpha value is -2.60. The number of hydrogen-bond acceptors (Lipinski definition) is 5. The van der Waals surface area contributed by atoms with Gasteiger partial charge in [-0.3, -0.25) is 4.79 Å². The molecule has 0 bridgehead atoms. The summed E-state index contributed by atoms with van der Waals surface area (Å²) < 4.78 is 11.2. The molecule has 5 nitrogen and oxygen atoms in total. The summed E-state index contributed by atoms with van der Waals surface area (Å²) in [6.07, 6.45) is 7.06. The van der Waals surface area contributed by atoms with Crippen molar-refractivity contribution < 1.29 is 19.1 Å². The molecule has 2 aliphatic rings. The summed E-state index contributed by atoms with van der Waals surface area (Å²) in [6, 6.07) is 9.59. The third kappa shape index (κ3) is 4.53. The van der Waals surface area contributed by atoms with Crippen LogP contribution in [0.2, 0.25) is 0 Å². The lowest BCUT2D eigenvalue weighted by Gasteiger charge is -2.16. The van der Waals surface area contributed by atoms with Gasteiger partial charge in [-0.1, -0.05) is 23.8 Å². The van der Waals surface area contributed by atoms with Crippen LogP contribution in [-0.2, 0) is 16.1 Å². The monoisotopic (exact) mass is 411 g/mol. The van der Waals surface area contributed by atoms with E-state index < -0.39 is 12.1 Å². The fraction of sp³-hybridized carbons (Fsp3) is 0.391. The van der Waals surface area contributed by atoms with Crippen molar-refractivity contribution in [2.24, 2.45) is 0 Å². The fourth-order valence-corrected chi connectivity index (χ4v) is 4.77. The number of esters is 1. The van der Waals surface area contributed by atoms with Gasteiger partial charge in [0, 0.05) is 22.5 Å². The number of carbonyl (C=O) groups excluding carboxylic acids is 2. The molecule has 1 aliphatic heterocycles. The molecule has 1 aromatic heterocycles. The molecule has 1 atom stereocenters. The van der Waals surface area contributed by atoms with Crippen LogP contribution >= 0.6 is 11.3 Å². The molecule has 2 heterocycles. The Morgan fingerprint density at radius 2 is 2.14 bits per heavy atom. The molecule has 0 fully saturated rings. The number of allylic oxidation sites excluding steroid dienone is 1. The van der Waals surface area contributed by atoms with Crippen molar-refractivity contribution in [3.63, 3.8) is 0 Å². The summed E-state index contributed by atoms with van der Waals surface area (Å²) >= 11 is 1.38. The number of carbonyl (C=O) groups is 2. The van der Waals surface area contributed by atoms with Gasteiger partial charge in [0.05, 0.1) is 0 Å². The topological polar surface area (TPSA) is 64.6 Å².